The molecule has 0 spiro atoms. The summed E-state index contributed by atoms with van der Waals surface area (Å²) in [5.74, 6) is 1.19. The van der Waals surface area contributed by atoms with Gasteiger partial charge in [0.25, 0.3) is 0 Å². The van der Waals surface area contributed by atoms with E-state index in [1.807, 2.05) is 42.5 Å². The Morgan fingerprint density at radius 2 is 1.76 bits per heavy atom. The van der Waals surface area contributed by atoms with Crippen LogP contribution in [0.3, 0.4) is 0 Å². The largest absolute Gasteiger partial charge is 0.493 e. The Bertz CT molecular complexity index is 588. The number of carbonyl (C=O) groups is 1. The number of benzene rings is 2. The van der Waals surface area contributed by atoms with Gasteiger partial charge in [-0.3, -0.25) is 4.79 Å². The highest BCUT2D eigenvalue weighted by Gasteiger charge is 2.29. The first-order chi connectivity index (χ1) is 10.3. The number of hydrogen-bond donors (Lipinski definition) is 1. The van der Waals surface area contributed by atoms with Crippen molar-refractivity contribution in [1.82, 2.24) is 0 Å². The van der Waals surface area contributed by atoms with Crippen LogP contribution < -0.4 is 10.1 Å². The molecule has 1 fully saturated rings. The molecule has 0 atom stereocenters. The lowest BCUT2D eigenvalue weighted by Crippen LogP contribution is -2.13. The number of hydrogen-bond acceptors (Lipinski definition) is 2. The molecule has 1 aliphatic rings. The summed E-state index contributed by atoms with van der Waals surface area (Å²) in [7, 11) is 0. The molecule has 2 aromatic carbocycles. The van der Waals surface area contributed by atoms with Gasteiger partial charge in [-0.2, -0.15) is 0 Å². The third-order valence-electron chi connectivity index (χ3n) is 3.57. The summed E-state index contributed by atoms with van der Waals surface area (Å²) >= 11 is 0. The van der Waals surface area contributed by atoms with E-state index < -0.39 is 0 Å². The second-order valence-electron chi connectivity index (χ2n) is 5.37. The second kappa shape index (κ2) is 6.44. The van der Waals surface area contributed by atoms with Crippen LogP contribution in [0.2, 0.25) is 0 Å². The van der Waals surface area contributed by atoms with Crippen molar-refractivity contribution in [3.05, 3.63) is 60.2 Å². The first-order valence-electron chi connectivity index (χ1n) is 7.39. The molecule has 1 aliphatic carbocycles. The lowest BCUT2D eigenvalue weighted by Gasteiger charge is -2.08. The molecule has 0 bridgehead atoms. The van der Waals surface area contributed by atoms with E-state index in [-0.39, 0.29) is 11.8 Å². The van der Waals surface area contributed by atoms with Gasteiger partial charge in [-0.05, 0) is 42.7 Å². The van der Waals surface area contributed by atoms with Crippen molar-refractivity contribution < 1.29 is 9.53 Å². The maximum atomic E-state index is 11.6. The summed E-state index contributed by atoms with van der Waals surface area (Å²) in [6.45, 7) is 0.651. The van der Waals surface area contributed by atoms with Crippen molar-refractivity contribution in [2.75, 3.05) is 11.9 Å². The molecule has 1 N–H and O–H groups in total. The van der Waals surface area contributed by atoms with Crippen molar-refractivity contribution in [2.45, 2.75) is 19.3 Å². The van der Waals surface area contributed by atoms with Gasteiger partial charge < -0.3 is 10.1 Å². The van der Waals surface area contributed by atoms with Crippen LogP contribution in [0.5, 0.6) is 5.75 Å². The van der Waals surface area contributed by atoms with E-state index in [0.717, 1.165) is 30.7 Å². The van der Waals surface area contributed by atoms with E-state index in [2.05, 4.69) is 17.4 Å². The van der Waals surface area contributed by atoms with Crippen molar-refractivity contribution in [1.29, 1.82) is 0 Å². The Labute approximate surface area is 124 Å². The SMILES string of the molecule is O=C(Nc1ccc(OCCc2ccccc2)cc1)C1CC1. The predicted molar refractivity (Wildman–Crippen MR) is 83.4 cm³/mol. The Balaban J connectivity index is 1.46. The lowest BCUT2D eigenvalue weighted by molar-refractivity contribution is -0.117. The van der Waals surface area contributed by atoms with Gasteiger partial charge in [-0.25, -0.2) is 0 Å². The van der Waals surface area contributed by atoms with Crippen LogP contribution in [-0.4, -0.2) is 12.5 Å². The van der Waals surface area contributed by atoms with Crippen LogP contribution in [0.4, 0.5) is 5.69 Å². The maximum Gasteiger partial charge on any atom is 0.227 e. The van der Waals surface area contributed by atoms with Crippen LogP contribution in [0.1, 0.15) is 18.4 Å². The summed E-state index contributed by atoms with van der Waals surface area (Å²) in [6.07, 6.45) is 2.93. The maximum absolute atomic E-state index is 11.6. The molecule has 0 unspecified atom stereocenters. The van der Waals surface area contributed by atoms with Gasteiger partial charge in [0.1, 0.15) is 5.75 Å². The smallest absolute Gasteiger partial charge is 0.227 e. The highest BCUT2D eigenvalue weighted by Crippen LogP contribution is 2.30. The van der Waals surface area contributed by atoms with E-state index in [0.29, 0.717) is 6.61 Å². The average Bonchev–Trinajstić information content (AvgIpc) is 3.35. The fraction of sp³-hybridized carbons (Fsp3) is 0.278. The fourth-order valence-electron chi connectivity index (χ4n) is 2.16. The standard InChI is InChI=1S/C18H19NO2/c20-18(15-6-7-15)19-16-8-10-17(11-9-16)21-13-12-14-4-2-1-3-5-14/h1-5,8-11,15H,6-7,12-13H2,(H,19,20). The third kappa shape index (κ3) is 4.09. The highest BCUT2D eigenvalue weighted by molar-refractivity contribution is 5.94. The van der Waals surface area contributed by atoms with Crippen LogP contribution in [0.15, 0.2) is 54.6 Å². The van der Waals surface area contributed by atoms with Crippen molar-refractivity contribution in [3.8, 4) is 5.75 Å². The first kappa shape index (κ1) is 13.7. The molecule has 3 rings (SSSR count). The molecular formula is C18H19NO2. The fourth-order valence-corrected chi connectivity index (χ4v) is 2.16. The first-order valence-corrected chi connectivity index (χ1v) is 7.39. The number of nitrogens with one attached hydrogen (secondary N) is 1. The van der Waals surface area contributed by atoms with E-state index in [4.69, 9.17) is 4.74 Å². The van der Waals surface area contributed by atoms with E-state index in [9.17, 15) is 4.79 Å². The summed E-state index contributed by atoms with van der Waals surface area (Å²) in [4.78, 5) is 11.6. The van der Waals surface area contributed by atoms with Crippen LogP contribution in [0.25, 0.3) is 0 Å². The molecule has 0 saturated heterocycles. The Morgan fingerprint density at radius 1 is 1.05 bits per heavy atom. The lowest BCUT2D eigenvalue weighted by atomic mass is 10.2. The van der Waals surface area contributed by atoms with Gasteiger partial charge in [-0.15, -0.1) is 0 Å². The monoisotopic (exact) mass is 281 g/mol. The zero-order valence-corrected chi connectivity index (χ0v) is 11.9. The molecule has 0 aliphatic heterocycles. The minimum atomic E-state index is 0.132. The summed E-state index contributed by atoms with van der Waals surface area (Å²) in [5.41, 5.74) is 2.10. The Kier molecular flexibility index (Phi) is 4.20. The van der Waals surface area contributed by atoms with Crippen LogP contribution >= 0.6 is 0 Å². The van der Waals surface area contributed by atoms with Gasteiger partial charge in [0.2, 0.25) is 5.91 Å². The van der Waals surface area contributed by atoms with E-state index in [1.54, 1.807) is 0 Å². The van der Waals surface area contributed by atoms with E-state index >= 15 is 0 Å². The molecule has 1 saturated carbocycles. The van der Waals surface area contributed by atoms with E-state index in [1.165, 1.54) is 5.56 Å². The minimum absolute atomic E-state index is 0.132. The number of anilines is 1. The quantitative estimate of drug-likeness (QED) is 0.877. The summed E-state index contributed by atoms with van der Waals surface area (Å²) in [6, 6.07) is 17.8. The number of amides is 1. The second-order valence-corrected chi connectivity index (χ2v) is 5.37. The van der Waals surface area contributed by atoms with Gasteiger partial charge in [0.15, 0.2) is 0 Å². The topological polar surface area (TPSA) is 38.3 Å². The summed E-state index contributed by atoms with van der Waals surface area (Å²) in [5, 5.41) is 2.92. The van der Waals surface area contributed by atoms with Crippen LogP contribution in [0, 0.1) is 5.92 Å². The number of ether oxygens (including phenoxy) is 1. The van der Waals surface area contributed by atoms with Gasteiger partial charge in [0, 0.05) is 18.0 Å². The zero-order valence-electron chi connectivity index (χ0n) is 11.9. The summed E-state index contributed by atoms with van der Waals surface area (Å²) < 4.78 is 5.72. The minimum Gasteiger partial charge on any atom is -0.493 e. The molecule has 1 amide bonds. The molecular weight excluding hydrogens is 262 g/mol. The Morgan fingerprint density at radius 3 is 2.43 bits per heavy atom. The molecule has 21 heavy (non-hydrogen) atoms. The van der Waals surface area contributed by atoms with Gasteiger partial charge in [-0.1, -0.05) is 30.3 Å². The van der Waals surface area contributed by atoms with Gasteiger partial charge in [0.05, 0.1) is 6.61 Å². The average molecular weight is 281 g/mol. The molecule has 2 aromatic rings. The highest BCUT2D eigenvalue weighted by atomic mass is 16.5. The third-order valence-corrected chi connectivity index (χ3v) is 3.57. The van der Waals surface area contributed by atoms with Crippen molar-refractivity contribution >= 4 is 11.6 Å². The molecule has 3 heteroatoms. The number of carbonyl (C=O) groups excluding carboxylic acids is 1. The van der Waals surface area contributed by atoms with Crippen molar-refractivity contribution in [3.63, 3.8) is 0 Å². The molecule has 0 aromatic heterocycles. The van der Waals surface area contributed by atoms with Crippen LogP contribution in [-0.2, 0) is 11.2 Å². The normalized spacial score (nSPS) is 13.7. The molecule has 3 nitrogen and oxygen atoms in total. The van der Waals surface area contributed by atoms with Crippen molar-refractivity contribution in [2.24, 2.45) is 5.92 Å². The van der Waals surface area contributed by atoms with Gasteiger partial charge >= 0.3 is 0 Å². The molecule has 0 radical (unpaired) electrons. The predicted octanol–water partition coefficient (Wildman–Crippen LogP) is 3.66. The molecule has 0 heterocycles. The number of rotatable bonds is 6. The zero-order chi connectivity index (χ0) is 14.5. The Hall–Kier alpha value is -2.29. The molecule has 108 valence electrons.